The van der Waals surface area contributed by atoms with Gasteiger partial charge in [-0.1, -0.05) is 57.3 Å². The fourth-order valence-corrected chi connectivity index (χ4v) is 4.45. The lowest BCUT2D eigenvalue weighted by Crippen LogP contribution is -2.53. The molecular formula is C26H35ClN2O5S. The molecule has 0 aliphatic rings. The Labute approximate surface area is 216 Å². The molecule has 7 nitrogen and oxygen atoms in total. The van der Waals surface area contributed by atoms with E-state index in [-0.39, 0.29) is 30.0 Å². The molecule has 0 unspecified atom stereocenters. The average Bonchev–Trinajstić information content (AvgIpc) is 3.34. The molecule has 0 spiro atoms. The summed E-state index contributed by atoms with van der Waals surface area (Å²) in [6, 6.07) is 9.17. The van der Waals surface area contributed by atoms with Gasteiger partial charge in [0, 0.05) is 0 Å². The highest BCUT2D eigenvalue weighted by Gasteiger charge is 2.27. The van der Waals surface area contributed by atoms with Crippen LogP contribution in [-0.4, -0.2) is 42.0 Å². The Morgan fingerprint density at radius 3 is 2.51 bits per heavy atom. The molecule has 1 aromatic carbocycles. The molecule has 2 atom stereocenters. The zero-order chi connectivity index (χ0) is 25.6. The van der Waals surface area contributed by atoms with Crippen molar-refractivity contribution in [1.82, 2.24) is 10.6 Å². The van der Waals surface area contributed by atoms with Crippen LogP contribution in [0.5, 0.6) is 5.75 Å². The number of Topliss-reactive ketones (excluding diaryl/α,β-unsaturated/α-hetero) is 1. The number of nitrogens with one attached hydrogen (secondary N) is 2. The Morgan fingerprint density at radius 2 is 1.86 bits per heavy atom. The number of rotatable bonds is 16. The summed E-state index contributed by atoms with van der Waals surface area (Å²) in [6.07, 6.45) is 4.31. The van der Waals surface area contributed by atoms with E-state index in [0.29, 0.717) is 29.4 Å². The molecule has 0 fully saturated rings. The number of carbonyl (C=O) groups excluding carboxylic acids is 3. The second-order valence-electron chi connectivity index (χ2n) is 8.71. The maximum absolute atomic E-state index is 13.1. The SMILES string of the molecule is CCCC[C@H](NC(=O)[C@H](CC(C)C)NC(=O)COc1ccccc1Cl)C(=O)CSCc1ccco1. The maximum atomic E-state index is 13.1. The van der Waals surface area contributed by atoms with Crippen molar-refractivity contribution in [3.05, 3.63) is 53.4 Å². The first-order chi connectivity index (χ1) is 16.8. The van der Waals surface area contributed by atoms with Crippen LogP contribution in [0.15, 0.2) is 47.1 Å². The number of furan rings is 1. The van der Waals surface area contributed by atoms with Gasteiger partial charge in [-0.25, -0.2) is 0 Å². The molecule has 2 aromatic rings. The fraction of sp³-hybridized carbons (Fsp3) is 0.500. The van der Waals surface area contributed by atoms with Gasteiger partial charge in [0.2, 0.25) is 5.91 Å². The molecular weight excluding hydrogens is 488 g/mol. The van der Waals surface area contributed by atoms with Gasteiger partial charge in [0.25, 0.3) is 5.91 Å². The van der Waals surface area contributed by atoms with Crippen LogP contribution in [0, 0.1) is 5.92 Å². The van der Waals surface area contributed by atoms with Gasteiger partial charge in [0.05, 0.1) is 28.8 Å². The lowest BCUT2D eigenvalue weighted by Gasteiger charge is -2.24. The number of halogens is 1. The highest BCUT2D eigenvalue weighted by Crippen LogP contribution is 2.23. The van der Waals surface area contributed by atoms with E-state index in [1.165, 1.54) is 11.8 Å². The maximum Gasteiger partial charge on any atom is 0.258 e. The Hall–Kier alpha value is -2.45. The van der Waals surface area contributed by atoms with Gasteiger partial charge in [-0.05, 0) is 43.0 Å². The van der Waals surface area contributed by atoms with Crippen molar-refractivity contribution >= 4 is 41.0 Å². The van der Waals surface area contributed by atoms with Gasteiger partial charge < -0.3 is 19.8 Å². The van der Waals surface area contributed by atoms with Crippen LogP contribution in [0.2, 0.25) is 5.02 Å². The van der Waals surface area contributed by atoms with Crippen LogP contribution >= 0.6 is 23.4 Å². The number of ether oxygens (including phenoxy) is 1. The standard InChI is InChI=1S/C26H35ClN2O5S/c1-4-5-11-21(23(30)17-35-16-19-9-8-13-33-19)29-26(32)22(14-18(2)3)28-25(31)15-34-24-12-7-6-10-20(24)27/h6-10,12-13,18,21-22H,4-5,11,14-17H2,1-3H3,(H,28,31)(H,29,32)/t21-,22-/m0/s1. The zero-order valence-corrected chi connectivity index (χ0v) is 22.1. The molecule has 192 valence electrons. The molecule has 2 N–H and O–H groups in total. The van der Waals surface area contributed by atoms with Gasteiger partial charge in [-0.3, -0.25) is 14.4 Å². The lowest BCUT2D eigenvalue weighted by molar-refractivity contribution is -0.132. The summed E-state index contributed by atoms with van der Waals surface area (Å²) in [7, 11) is 0. The quantitative estimate of drug-likeness (QED) is 0.321. The number of thioether (sulfide) groups is 1. The van der Waals surface area contributed by atoms with Crippen molar-refractivity contribution in [2.24, 2.45) is 5.92 Å². The number of hydrogen-bond donors (Lipinski definition) is 2. The van der Waals surface area contributed by atoms with Crippen molar-refractivity contribution < 1.29 is 23.5 Å². The second-order valence-corrected chi connectivity index (χ2v) is 10.1. The molecule has 0 radical (unpaired) electrons. The smallest absolute Gasteiger partial charge is 0.258 e. The topological polar surface area (TPSA) is 97.6 Å². The minimum Gasteiger partial charge on any atom is -0.482 e. The Kier molecular flexibility index (Phi) is 12.8. The Balaban J connectivity index is 1.95. The summed E-state index contributed by atoms with van der Waals surface area (Å²) < 4.78 is 10.8. The largest absolute Gasteiger partial charge is 0.482 e. The summed E-state index contributed by atoms with van der Waals surface area (Å²) >= 11 is 7.52. The molecule has 0 aliphatic heterocycles. The van der Waals surface area contributed by atoms with Gasteiger partial charge in [-0.15, -0.1) is 11.8 Å². The third-order valence-electron chi connectivity index (χ3n) is 5.17. The fourth-order valence-electron chi connectivity index (χ4n) is 3.39. The molecule has 1 heterocycles. The average molecular weight is 523 g/mol. The number of unbranched alkanes of at least 4 members (excludes halogenated alkanes) is 1. The molecule has 0 bridgehead atoms. The van der Waals surface area contributed by atoms with Gasteiger partial charge in [0.1, 0.15) is 17.6 Å². The summed E-state index contributed by atoms with van der Waals surface area (Å²) in [5.74, 6) is 1.37. The van der Waals surface area contributed by atoms with E-state index in [2.05, 4.69) is 10.6 Å². The summed E-state index contributed by atoms with van der Waals surface area (Å²) in [4.78, 5) is 38.5. The molecule has 0 aliphatic carbocycles. The highest BCUT2D eigenvalue weighted by molar-refractivity contribution is 7.99. The van der Waals surface area contributed by atoms with Crippen LogP contribution < -0.4 is 15.4 Å². The predicted octanol–water partition coefficient (Wildman–Crippen LogP) is 5.02. The highest BCUT2D eigenvalue weighted by atomic mass is 35.5. The van der Waals surface area contributed by atoms with E-state index in [1.807, 2.05) is 32.9 Å². The van der Waals surface area contributed by atoms with E-state index >= 15 is 0 Å². The zero-order valence-electron chi connectivity index (χ0n) is 20.6. The molecule has 2 amide bonds. The van der Waals surface area contributed by atoms with Crippen molar-refractivity contribution in [1.29, 1.82) is 0 Å². The summed E-state index contributed by atoms with van der Waals surface area (Å²) in [5, 5.41) is 6.04. The monoisotopic (exact) mass is 522 g/mol. The van der Waals surface area contributed by atoms with Crippen molar-refractivity contribution in [2.75, 3.05) is 12.4 Å². The predicted molar refractivity (Wildman–Crippen MR) is 140 cm³/mol. The minimum absolute atomic E-state index is 0.0416. The van der Waals surface area contributed by atoms with E-state index in [1.54, 1.807) is 30.5 Å². The number of benzene rings is 1. The second kappa shape index (κ2) is 15.5. The molecule has 9 heteroatoms. The normalized spacial score (nSPS) is 12.7. The first kappa shape index (κ1) is 28.8. The summed E-state index contributed by atoms with van der Waals surface area (Å²) in [5.41, 5.74) is 0. The van der Waals surface area contributed by atoms with Crippen LogP contribution in [0.25, 0.3) is 0 Å². The third kappa shape index (κ3) is 10.8. The Bertz CT molecular complexity index is 936. The lowest BCUT2D eigenvalue weighted by atomic mass is 10.0. The number of carbonyl (C=O) groups is 3. The number of para-hydroxylation sites is 1. The first-order valence-corrected chi connectivity index (χ1v) is 13.4. The Morgan fingerprint density at radius 1 is 1.09 bits per heavy atom. The van der Waals surface area contributed by atoms with Crippen LogP contribution in [0.3, 0.4) is 0 Å². The number of ketones is 1. The third-order valence-corrected chi connectivity index (χ3v) is 6.46. The van der Waals surface area contributed by atoms with Crippen molar-refractivity contribution in [2.45, 2.75) is 64.3 Å². The minimum atomic E-state index is -0.773. The van der Waals surface area contributed by atoms with E-state index in [0.717, 1.165) is 18.6 Å². The van der Waals surface area contributed by atoms with Gasteiger partial charge >= 0.3 is 0 Å². The van der Waals surface area contributed by atoms with Crippen LogP contribution in [0.1, 0.15) is 52.2 Å². The molecule has 0 saturated heterocycles. The van der Waals surface area contributed by atoms with E-state index < -0.39 is 18.0 Å². The van der Waals surface area contributed by atoms with Gasteiger partial charge in [-0.2, -0.15) is 0 Å². The van der Waals surface area contributed by atoms with Crippen LogP contribution in [0.4, 0.5) is 0 Å². The van der Waals surface area contributed by atoms with E-state index in [9.17, 15) is 14.4 Å². The molecule has 1 aromatic heterocycles. The first-order valence-electron chi connectivity index (χ1n) is 11.9. The van der Waals surface area contributed by atoms with E-state index in [4.69, 9.17) is 20.8 Å². The van der Waals surface area contributed by atoms with Crippen molar-refractivity contribution in [3.63, 3.8) is 0 Å². The van der Waals surface area contributed by atoms with Gasteiger partial charge in [0.15, 0.2) is 12.4 Å². The number of amides is 2. The molecule has 35 heavy (non-hydrogen) atoms. The number of hydrogen-bond acceptors (Lipinski definition) is 6. The molecule has 0 saturated carbocycles. The molecule has 2 rings (SSSR count). The van der Waals surface area contributed by atoms with Crippen LogP contribution in [-0.2, 0) is 20.1 Å². The van der Waals surface area contributed by atoms with Crippen molar-refractivity contribution in [3.8, 4) is 5.75 Å². The summed E-state index contributed by atoms with van der Waals surface area (Å²) in [6.45, 7) is 5.71.